The zero-order valence-electron chi connectivity index (χ0n) is 10.8. The summed E-state index contributed by atoms with van der Waals surface area (Å²) in [6, 6.07) is 8.54. The van der Waals surface area contributed by atoms with Gasteiger partial charge in [-0.15, -0.1) is 0 Å². The maximum atomic E-state index is 12.8. The van der Waals surface area contributed by atoms with Crippen molar-refractivity contribution in [3.8, 4) is 6.07 Å². The zero-order chi connectivity index (χ0) is 13.7. The first-order valence-corrected chi connectivity index (χ1v) is 6.03. The van der Waals surface area contributed by atoms with Crippen LogP contribution in [0.25, 0.3) is 0 Å². The third-order valence-corrected chi connectivity index (χ3v) is 2.90. The van der Waals surface area contributed by atoms with E-state index in [0.29, 0.717) is 12.4 Å². The average molecular weight is 258 g/mol. The first-order valence-electron chi connectivity index (χ1n) is 6.03. The smallest absolute Gasteiger partial charge is 0.212 e. The van der Waals surface area contributed by atoms with Gasteiger partial charge in [-0.25, -0.2) is 9.37 Å². The van der Waals surface area contributed by atoms with Gasteiger partial charge in [0.15, 0.2) is 0 Å². The largest absolute Gasteiger partial charge is 0.321 e. The Balaban J connectivity index is 1.86. The molecule has 0 bridgehead atoms. The van der Waals surface area contributed by atoms with Crippen LogP contribution in [-0.4, -0.2) is 28.0 Å². The molecular weight excluding hydrogens is 243 g/mol. The molecule has 0 aliphatic heterocycles. The molecule has 0 unspecified atom stereocenters. The molecule has 0 fully saturated rings. The minimum Gasteiger partial charge on any atom is -0.321 e. The van der Waals surface area contributed by atoms with Crippen LogP contribution in [0.2, 0.25) is 0 Å². The van der Waals surface area contributed by atoms with Crippen LogP contribution in [0.15, 0.2) is 36.7 Å². The van der Waals surface area contributed by atoms with Gasteiger partial charge >= 0.3 is 0 Å². The Bertz CT molecular complexity index is 568. The van der Waals surface area contributed by atoms with Crippen molar-refractivity contribution in [2.75, 3.05) is 13.6 Å². The van der Waals surface area contributed by atoms with Gasteiger partial charge in [0, 0.05) is 32.0 Å². The molecule has 19 heavy (non-hydrogen) atoms. The highest BCUT2D eigenvalue weighted by Gasteiger charge is 2.04. The van der Waals surface area contributed by atoms with E-state index in [9.17, 15) is 4.39 Å². The maximum Gasteiger partial charge on any atom is 0.212 e. The van der Waals surface area contributed by atoms with Crippen molar-refractivity contribution in [3.05, 3.63) is 53.9 Å². The fraction of sp³-hybridized carbons (Fsp3) is 0.286. The van der Waals surface area contributed by atoms with E-state index in [1.54, 1.807) is 24.5 Å². The number of halogens is 1. The summed E-state index contributed by atoms with van der Waals surface area (Å²) in [6.07, 6.45) is 3.42. The molecular formula is C14H15FN4. The van der Waals surface area contributed by atoms with Crippen LogP contribution in [0.3, 0.4) is 0 Å². The molecule has 0 atom stereocenters. The van der Waals surface area contributed by atoms with Crippen molar-refractivity contribution in [2.45, 2.75) is 13.1 Å². The SMILES string of the molecule is CN(CCn1ccnc1C#N)Cc1ccc(F)cc1. The van der Waals surface area contributed by atoms with E-state index in [2.05, 4.69) is 9.88 Å². The van der Waals surface area contributed by atoms with Crippen molar-refractivity contribution in [3.63, 3.8) is 0 Å². The molecule has 2 rings (SSSR count). The molecule has 0 aliphatic carbocycles. The highest BCUT2D eigenvalue weighted by atomic mass is 19.1. The third-order valence-electron chi connectivity index (χ3n) is 2.90. The van der Waals surface area contributed by atoms with Crippen LogP contribution in [0, 0.1) is 17.1 Å². The Morgan fingerprint density at radius 2 is 2.11 bits per heavy atom. The van der Waals surface area contributed by atoms with Crippen molar-refractivity contribution in [1.82, 2.24) is 14.5 Å². The van der Waals surface area contributed by atoms with E-state index < -0.39 is 0 Å². The van der Waals surface area contributed by atoms with Crippen molar-refractivity contribution in [2.24, 2.45) is 0 Å². The highest BCUT2D eigenvalue weighted by molar-refractivity contribution is 5.15. The van der Waals surface area contributed by atoms with E-state index in [-0.39, 0.29) is 5.82 Å². The Morgan fingerprint density at radius 3 is 2.79 bits per heavy atom. The normalized spacial score (nSPS) is 10.6. The summed E-state index contributed by atoms with van der Waals surface area (Å²) in [5, 5.41) is 8.85. The summed E-state index contributed by atoms with van der Waals surface area (Å²) in [7, 11) is 1.99. The van der Waals surface area contributed by atoms with E-state index in [1.165, 1.54) is 12.1 Å². The van der Waals surface area contributed by atoms with Gasteiger partial charge < -0.3 is 9.47 Å². The first kappa shape index (κ1) is 13.2. The van der Waals surface area contributed by atoms with Gasteiger partial charge in [-0.3, -0.25) is 0 Å². The highest BCUT2D eigenvalue weighted by Crippen LogP contribution is 2.06. The Labute approximate surface area is 111 Å². The number of likely N-dealkylation sites (N-methyl/N-ethyl adjacent to an activating group) is 1. The standard InChI is InChI=1S/C14H15FN4/c1-18(11-12-2-4-13(15)5-3-12)8-9-19-7-6-17-14(19)10-16/h2-7H,8-9,11H2,1H3. The number of nitriles is 1. The maximum absolute atomic E-state index is 12.8. The molecule has 1 aromatic carbocycles. The van der Waals surface area contributed by atoms with E-state index in [0.717, 1.165) is 18.7 Å². The van der Waals surface area contributed by atoms with Gasteiger partial charge in [-0.2, -0.15) is 5.26 Å². The summed E-state index contributed by atoms with van der Waals surface area (Å²) in [5.41, 5.74) is 1.06. The van der Waals surface area contributed by atoms with Crippen LogP contribution < -0.4 is 0 Å². The number of nitrogens with zero attached hydrogens (tertiary/aromatic N) is 4. The molecule has 0 N–H and O–H groups in total. The van der Waals surface area contributed by atoms with Gasteiger partial charge in [0.1, 0.15) is 11.9 Å². The lowest BCUT2D eigenvalue weighted by atomic mass is 10.2. The lowest BCUT2D eigenvalue weighted by Crippen LogP contribution is -2.23. The fourth-order valence-electron chi connectivity index (χ4n) is 1.86. The number of imidazole rings is 1. The molecule has 98 valence electrons. The fourth-order valence-corrected chi connectivity index (χ4v) is 1.86. The number of benzene rings is 1. The molecule has 0 radical (unpaired) electrons. The number of rotatable bonds is 5. The molecule has 5 heteroatoms. The van der Waals surface area contributed by atoms with E-state index in [1.807, 2.05) is 17.7 Å². The Hall–Kier alpha value is -2.19. The quantitative estimate of drug-likeness (QED) is 0.824. The second-order valence-corrected chi connectivity index (χ2v) is 4.42. The van der Waals surface area contributed by atoms with Crippen LogP contribution in [0.5, 0.6) is 0 Å². The predicted molar refractivity (Wildman–Crippen MR) is 69.7 cm³/mol. The topological polar surface area (TPSA) is 44.9 Å². The molecule has 0 spiro atoms. The number of aromatic nitrogens is 2. The first-order chi connectivity index (χ1) is 9.19. The van der Waals surface area contributed by atoms with E-state index >= 15 is 0 Å². The summed E-state index contributed by atoms with van der Waals surface area (Å²) >= 11 is 0. The summed E-state index contributed by atoms with van der Waals surface area (Å²) in [6.45, 7) is 2.25. The Morgan fingerprint density at radius 1 is 1.37 bits per heavy atom. The van der Waals surface area contributed by atoms with Crippen molar-refractivity contribution >= 4 is 0 Å². The lowest BCUT2D eigenvalue weighted by molar-refractivity contribution is 0.311. The second-order valence-electron chi connectivity index (χ2n) is 4.42. The average Bonchev–Trinajstić information content (AvgIpc) is 2.86. The number of hydrogen-bond donors (Lipinski definition) is 0. The van der Waals surface area contributed by atoms with Gasteiger partial charge in [-0.05, 0) is 24.7 Å². The third kappa shape index (κ3) is 3.63. The van der Waals surface area contributed by atoms with Crippen LogP contribution >= 0.6 is 0 Å². The molecule has 1 aromatic heterocycles. The van der Waals surface area contributed by atoms with Gasteiger partial charge in [-0.1, -0.05) is 12.1 Å². The summed E-state index contributed by atoms with van der Waals surface area (Å²) < 4.78 is 14.6. The van der Waals surface area contributed by atoms with Crippen LogP contribution in [0.4, 0.5) is 4.39 Å². The van der Waals surface area contributed by atoms with E-state index in [4.69, 9.17) is 5.26 Å². The van der Waals surface area contributed by atoms with Crippen molar-refractivity contribution < 1.29 is 4.39 Å². The zero-order valence-corrected chi connectivity index (χ0v) is 10.8. The minimum absolute atomic E-state index is 0.219. The van der Waals surface area contributed by atoms with Crippen LogP contribution in [-0.2, 0) is 13.1 Å². The second kappa shape index (κ2) is 6.12. The van der Waals surface area contributed by atoms with Gasteiger partial charge in [0.05, 0.1) is 0 Å². The van der Waals surface area contributed by atoms with Gasteiger partial charge in [0.2, 0.25) is 5.82 Å². The predicted octanol–water partition coefficient (Wildman–Crippen LogP) is 2.03. The Kier molecular flexibility index (Phi) is 4.26. The summed E-state index contributed by atoms with van der Waals surface area (Å²) in [4.78, 5) is 6.07. The molecule has 0 amide bonds. The monoisotopic (exact) mass is 258 g/mol. The molecule has 1 heterocycles. The molecule has 0 aliphatic rings. The molecule has 0 saturated carbocycles. The summed E-state index contributed by atoms with van der Waals surface area (Å²) in [5.74, 6) is 0.207. The minimum atomic E-state index is -0.219. The molecule has 4 nitrogen and oxygen atoms in total. The molecule has 2 aromatic rings. The van der Waals surface area contributed by atoms with Crippen molar-refractivity contribution in [1.29, 1.82) is 5.26 Å². The van der Waals surface area contributed by atoms with Crippen LogP contribution in [0.1, 0.15) is 11.4 Å². The van der Waals surface area contributed by atoms with Gasteiger partial charge in [0.25, 0.3) is 0 Å². The molecule has 0 saturated heterocycles. The number of hydrogen-bond acceptors (Lipinski definition) is 3. The lowest BCUT2D eigenvalue weighted by Gasteiger charge is -2.17.